The standard InChI is InChI=1S/C20H18N4O3/c1-14-7-9-16(10-8-14)21-18(25)13-24-19(26)12-11-17(23-24)20(27)22-15-5-3-2-4-6-15/h2-12H,13H2,1H3,(H,21,25)(H,22,27). The molecule has 2 amide bonds. The van der Waals surface area contributed by atoms with Crippen LogP contribution in [0.4, 0.5) is 11.4 Å². The average molecular weight is 362 g/mol. The van der Waals surface area contributed by atoms with Crippen LogP contribution in [-0.2, 0) is 11.3 Å². The van der Waals surface area contributed by atoms with Crippen molar-refractivity contribution in [3.8, 4) is 0 Å². The van der Waals surface area contributed by atoms with E-state index < -0.39 is 17.4 Å². The van der Waals surface area contributed by atoms with E-state index in [2.05, 4.69) is 15.7 Å². The van der Waals surface area contributed by atoms with Gasteiger partial charge in [-0.3, -0.25) is 14.4 Å². The highest BCUT2D eigenvalue weighted by atomic mass is 16.2. The average Bonchev–Trinajstić information content (AvgIpc) is 2.66. The van der Waals surface area contributed by atoms with Gasteiger partial charge in [-0.15, -0.1) is 0 Å². The Balaban J connectivity index is 1.71. The third-order valence-electron chi connectivity index (χ3n) is 3.76. The molecule has 0 saturated heterocycles. The predicted molar refractivity (Wildman–Crippen MR) is 103 cm³/mol. The van der Waals surface area contributed by atoms with Gasteiger partial charge in [0, 0.05) is 17.4 Å². The molecule has 3 rings (SSSR count). The highest BCUT2D eigenvalue weighted by Crippen LogP contribution is 2.09. The third-order valence-corrected chi connectivity index (χ3v) is 3.76. The summed E-state index contributed by atoms with van der Waals surface area (Å²) in [5.41, 5.74) is 1.88. The number of nitrogens with zero attached hydrogens (tertiary/aromatic N) is 2. The van der Waals surface area contributed by atoms with Crippen molar-refractivity contribution in [3.63, 3.8) is 0 Å². The van der Waals surface area contributed by atoms with Gasteiger partial charge in [-0.05, 0) is 37.3 Å². The number of carbonyl (C=O) groups excluding carboxylic acids is 2. The lowest BCUT2D eigenvalue weighted by atomic mass is 10.2. The zero-order chi connectivity index (χ0) is 19.2. The molecular formula is C20H18N4O3. The quantitative estimate of drug-likeness (QED) is 0.729. The SMILES string of the molecule is Cc1ccc(NC(=O)Cn2nc(C(=O)Nc3ccccc3)ccc2=O)cc1. The molecular weight excluding hydrogens is 344 g/mol. The molecule has 3 aromatic rings. The monoisotopic (exact) mass is 362 g/mol. The molecule has 0 aliphatic carbocycles. The summed E-state index contributed by atoms with van der Waals surface area (Å²) in [6.45, 7) is 1.65. The van der Waals surface area contributed by atoms with Gasteiger partial charge >= 0.3 is 0 Å². The lowest BCUT2D eigenvalue weighted by Gasteiger charge is -2.09. The van der Waals surface area contributed by atoms with Gasteiger partial charge in [0.1, 0.15) is 12.2 Å². The number of rotatable bonds is 5. The maximum atomic E-state index is 12.3. The first kappa shape index (κ1) is 18.1. The number of hydrogen-bond donors (Lipinski definition) is 2. The van der Waals surface area contributed by atoms with E-state index in [1.165, 1.54) is 12.1 Å². The number of amides is 2. The molecule has 7 heteroatoms. The molecule has 0 spiro atoms. The predicted octanol–water partition coefficient (Wildman–Crippen LogP) is 2.44. The summed E-state index contributed by atoms with van der Waals surface area (Å²) in [7, 11) is 0. The zero-order valence-electron chi connectivity index (χ0n) is 14.7. The highest BCUT2D eigenvalue weighted by Gasteiger charge is 2.12. The lowest BCUT2D eigenvalue weighted by molar-refractivity contribution is -0.117. The molecule has 0 aliphatic heterocycles. The van der Waals surface area contributed by atoms with Crippen molar-refractivity contribution in [1.82, 2.24) is 9.78 Å². The number of carbonyl (C=O) groups is 2. The van der Waals surface area contributed by atoms with E-state index in [0.29, 0.717) is 11.4 Å². The van der Waals surface area contributed by atoms with Gasteiger partial charge in [0.05, 0.1) is 0 Å². The van der Waals surface area contributed by atoms with E-state index in [1.807, 2.05) is 25.1 Å². The van der Waals surface area contributed by atoms with Gasteiger partial charge in [0.15, 0.2) is 0 Å². The summed E-state index contributed by atoms with van der Waals surface area (Å²) in [4.78, 5) is 36.5. The van der Waals surface area contributed by atoms with E-state index in [0.717, 1.165) is 10.2 Å². The van der Waals surface area contributed by atoms with Crippen LogP contribution in [0.25, 0.3) is 0 Å². The molecule has 0 aliphatic rings. The second kappa shape index (κ2) is 8.09. The molecule has 2 aromatic carbocycles. The van der Waals surface area contributed by atoms with Gasteiger partial charge in [-0.25, -0.2) is 4.68 Å². The van der Waals surface area contributed by atoms with Crippen LogP contribution >= 0.6 is 0 Å². The Labute approximate surface area is 155 Å². The first-order valence-electron chi connectivity index (χ1n) is 8.32. The van der Waals surface area contributed by atoms with Crippen molar-refractivity contribution in [1.29, 1.82) is 0 Å². The van der Waals surface area contributed by atoms with Crippen LogP contribution in [0.2, 0.25) is 0 Å². The second-order valence-corrected chi connectivity index (χ2v) is 5.95. The summed E-state index contributed by atoms with van der Waals surface area (Å²) >= 11 is 0. The minimum absolute atomic E-state index is 0.0431. The van der Waals surface area contributed by atoms with Crippen LogP contribution in [0.1, 0.15) is 16.1 Å². The summed E-state index contributed by atoms with van der Waals surface area (Å²) in [5, 5.41) is 9.38. The number of aryl methyl sites for hydroxylation is 1. The molecule has 0 atom stereocenters. The molecule has 27 heavy (non-hydrogen) atoms. The van der Waals surface area contributed by atoms with Crippen LogP contribution in [0.5, 0.6) is 0 Å². The topological polar surface area (TPSA) is 93.1 Å². The van der Waals surface area contributed by atoms with E-state index in [9.17, 15) is 14.4 Å². The van der Waals surface area contributed by atoms with Crippen LogP contribution < -0.4 is 16.2 Å². The van der Waals surface area contributed by atoms with Gasteiger partial charge in [-0.2, -0.15) is 5.10 Å². The van der Waals surface area contributed by atoms with Crippen LogP contribution in [0.3, 0.4) is 0 Å². The van der Waals surface area contributed by atoms with Crippen LogP contribution in [0, 0.1) is 6.92 Å². The number of anilines is 2. The van der Waals surface area contributed by atoms with Gasteiger partial charge in [-0.1, -0.05) is 35.9 Å². The number of benzene rings is 2. The van der Waals surface area contributed by atoms with Crippen molar-refractivity contribution < 1.29 is 9.59 Å². The van der Waals surface area contributed by atoms with Gasteiger partial charge < -0.3 is 10.6 Å². The molecule has 0 unspecified atom stereocenters. The van der Waals surface area contributed by atoms with E-state index in [4.69, 9.17) is 0 Å². The molecule has 0 radical (unpaired) electrons. The Kier molecular flexibility index (Phi) is 5.41. The summed E-state index contributed by atoms with van der Waals surface area (Å²) in [6.07, 6.45) is 0. The Bertz CT molecular complexity index is 1010. The second-order valence-electron chi connectivity index (χ2n) is 5.95. The number of hydrogen-bond acceptors (Lipinski definition) is 4. The first-order chi connectivity index (χ1) is 13.0. The minimum atomic E-state index is -0.467. The smallest absolute Gasteiger partial charge is 0.276 e. The fourth-order valence-electron chi connectivity index (χ4n) is 2.37. The molecule has 2 N–H and O–H groups in total. The fraction of sp³-hybridized carbons (Fsp3) is 0.100. The zero-order valence-corrected chi connectivity index (χ0v) is 14.7. The van der Waals surface area contributed by atoms with Gasteiger partial charge in [0.2, 0.25) is 5.91 Å². The van der Waals surface area contributed by atoms with Crippen LogP contribution in [-0.4, -0.2) is 21.6 Å². The van der Waals surface area contributed by atoms with E-state index in [1.54, 1.807) is 36.4 Å². The van der Waals surface area contributed by atoms with Crippen molar-refractivity contribution in [2.45, 2.75) is 13.5 Å². The van der Waals surface area contributed by atoms with E-state index >= 15 is 0 Å². The molecule has 1 heterocycles. The molecule has 7 nitrogen and oxygen atoms in total. The summed E-state index contributed by atoms with van der Waals surface area (Å²) in [5.74, 6) is -0.872. The maximum absolute atomic E-state index is 12.3. The Morgan fingerprint density at radius 3 is 2.26 bits per heavy atom. The lowest BCUT2D eigenvalue weighted by Crippen LogP contribution is -2.31. The number of para-hydroxylation sites is 1. The van der Waals surface area contributed by atoms with Crippen molar-refractivity contribution in [3.05, 3.63) is 88.3 Å². The molecule has 1 aromatic heterocycles. The first-order valence-corrected chi connectivity index (χ1v) is 8.32. The molecule has 0 saturated carbocycles. The number of aromatic nitrogens is 2. The van der Waals surface area contributed by atoms with Crippen LogP contribution in [0.15, 0.2) is 71.5 Å². The van der Waals surface area contributed by atoms with E-state index in [-0.39, 0.29) is 12.2 Å². The number of nitrogens with one attached hydrogen (secondary N) is 2. The Morgan fingerprint density at radius 1 is 0.889 bits per heavy atom. The minimum Gasteiger partial charge on any atom is -0.324 e. The normalized spacial score (nSPS) is 10.3. The largest absolute Gasteiger partial charge is 0.324 e. The van der Waals surface area contributed by atoms with Crippen molar-refractivity contribution in [2.24, 2.45) is 0 Å². The third kappa shape index (κ3) is 4.88. The Morgan fingerprint density at radius 2 is 1.56 bits per heavy atom. The van der Waals surface area contributed by atoms with Crippen molar-refractivity contribution >= 4 is 23.2 Å². The molecule has 0 fully saturated rings. The fourth-order valence-corrected chi connectivity index (χ4v) is 2.37. The summed E-state index contributed by atoms with van der Waals surface area (Å²) < 4.78 is 0.962. The molecule has 136 valence electrons. The Hall–Kier alpha value is -3.74. The summed E-state index contributed by atoms with van der Waals surface area (Å²) in [6, 6.07) is 18.7. The van der Waals surface area contributed by atoms with Gasteiger partial charge in [0.25, 0.3) is 11.5 Å². The van der Waals surface area contributed by atoms with Crippen molar-refractivity contribution in [2.75, 3.05) is 10.6 Å². The maximum Gasteiger partial charge on any atom is 0.276 e. The molecule has 0 bridgehead atoms. The highest BCUT2D eigenvalue weighted by molar-refractivity contribution is 6.02.